The number of nitrogens with one attached hydrogen (secondary N) is 2. The Bertz CT molecular complexity index is 607. The van der Waals surface area contributed by atoms with Crippen LogP contribution in [-0.2, 0) is 0 Å². The minimum atomic E-state index is 0.470. The van der Waals surface area contributed by atoms with E-state index in [0.717, 1.165) is 22.3 Å². The largest absolute Gasteiger partial charge is 0.382 e. The highest BCUT2D eigenvalue weighted by molar-refractivity contribution is 5.92. The molecule has 0 radical (unpaired) electrons. The second-order valence-electron chi connectivity index (χ2n) is 3.32. The molecule has 0 fully saturated rings. The second-order valence-corrected chi connectivity index (χ2v) is 3.32. The lowest BCUT2D eigenvalue weighted by molar-refractivity contribution is 1.07. The van der Waals surface area contributed by atoms with Crippen molar-refractivity contribution in [2.45, 2.75) is 0 Å². The zero-order valence-electron chi connectivity index (χ0n) is 7.86. The maximum atomic E-state index is 5.55. The van der Waals surface area contributed by atoms with Gasteiger partial charge in [0, 0.05) is 11.5 Å². The molecule has 0 spiro atoms. The molecular weight excluding hydrogens is 190 g/mol. The van der Waals surface area contributed by atoms with Crippen LogP contribution in [0, 0.1) is 0 Å². The second kappa shape index (κ2) is 2.84. The molecular formula is C10H9N5. The van der Waals surface area contributed by atoms with Gasteiger partial charge in [-0.15, -0.1) is 0 Å². The molecule has 3 aromatic rings. The van der Waals surface area contributed by atoms with E-state index in [0.29, 0.717) is 5.82 Å². The van der Waals surface area contributed by atoms with Gasteiger partial charge in [-0.25, -0.2) is 0 Å². The number of fused-ring (bicyclic) bond motifs is 1. The van der Waals surface area contributed by atoms with E-state index >= 15 is 0 Å². The van der Waals surface area contributed by atoms with Gasteiger partial charge in [-0.05, 0) is 6.07 Å². The Morgan fingerprint density at radius 2 is 1.93 bits per heavy atom. The van der Waals surface area contributed by atoms with E-state index in [2.05, 4.69) is 20.4 Å². The number of para-hydroxylation sites is 1. The Morgan fingerprint density at radius 3 is 2.73 bits per heavy atom. The van der Waals surface area contributed by atoms with Crippen molar-refractivity contribution < 1.29 is 0 Å². The summed E-state index contributed by atoms with van der Waals surface area (Å²) in [6, 6.07) is 9.69. The standard InChI is InChI=1S/C10H9N5/c11-9-5-8(13-14-9)10-6-3-1-2-4-7(6)12-15-10/h1-5H,(H,12,15)(H3,11,13,14). The summed E-state index contributed by atoms with van der Waals surface area (Å²) in [6.07, 6.45) is 0. The van der Waals surface area contributed by atoms with Crippen molar-refractivity contribution in [1.29, 1.82) is 0 Å². The number of nitrogens with zero attached hydrogens (tertiary/aromatic N) is 2. The van der Waals surface area contributed by atoms with Crippen molar-refractivity contribution >= 4 is 16.7 Å². The van der Waals surface area contributed by atoms with Crippen molar-refractivity contribution in [3.05, 3.63) is 30.3 Å². The molecule has 2 heterocycles. The Kier molecular flexibility index (Phi) is 1.53. The first-order valence-corrected chi connectivity index (χ1v) is 4.59. The van der Waals surface area contributed by atoms with E-state index in [1.807, 2.05) is 24.3 Å². The molecule has 0 saturated heterocycles. The summed E-state index contributed by atoms with van der Waals surface area (Å²) in [5, 5.41) is 15.0. The normalized spacial score (nSPS) is 10.9. The number of nitrogens with two attached hydrogens (primary N) is 1. The highest BCUT2D eigenvalue weighted by atomic mass is 15.2. The number of rotatable bonds is 1. The molecule has 0 aliphatic heterocycles. The van der Waals surface area contributed by atoms with Crippen LogP contribution in [0.5, 0.6) is 0 Å². The van der Waals surface area contributed by atoms with Crippen LogP contribution in [0.25, 0.3) is 22.3 Å². The number of aromatic nitrogens is 4. The van der Waals surface area contributed by atoms with Gasteiger partial charge in [0.15, 0.2) is 0 Å². The molecule has 0 aliphatic carbocycles. The lowest BCUT2D eigenvalue weighted by Crippen LogP contribution is -1.81. The van der Waals surface area contributed by atoms with Crippen molar-refractivity contribution in [3.8, 4) is 11.4 Å². The predicted octanol–water partition coefficient (Wildman–Crippen LogP) is 1.54. The zero-order valence-corrected chi connectivity index (χ0v) is 7.86. The van der Waals surface area contributed by atoms with Crippen LogP contribution in [-0.4, -0.2) is 20.4 Å². The summed E-state index contributed by atoms with van der Waals surface area (Å²) < 4.78 is 0. The average Bonchev–Trinajstić information content (AvgIpc) is 2.83. The first-order valence-electron chi connectivity index (χ1n) is 4.59. The highest BCUT2D eigenvalue weighted by Crippen LogP contribution is 2.24. The predicted molar refractivity (Wildman–Crippen MR) is 58.1 cm³/mol. The van der Waals surface area contributed by atoms with Crippen molar-refractivity contribution in [1.82, 2.24) is 20.4 Å². The molecule has 2 aromatic heterocycles. The molecule has 0 amide bonds. The van der Waals surface area contributed by atoms with Crippen LogP contribution < -0.4 is 5.73 Å². The summed E-state index contributed by atoms with van der Waals surface area (Å²) in [6.45, 7) is 0. The third-order valence-corrected chi connectivity index (χ3v) is 2.32. The van der Waals surface area contributed by atoms with Crippen LogP contribution in [0.15, 0.2) is 30.3 Å². The fraction of sp³-hybridized carbons (Fsp3) is 0. The Labute approximate surface area is 85.3 Å². The Morgan fingerprint density at radius 1 is 1.07 bits per heavy atom. The van der Waals surface area contributed by atoms with Gasteiger partial charge in [0.05, 0.1) is 11.2 Å². The minimum Gasteiger partial charge on any atom is -0.382 e. The van der Waals surface area contributed by atoms with Crippen LogP contribution in [0.2, 0.25) is 0 Å². The summed E-state index contributed by atoms with van der Waals surface area (Å²) in [7, 11) is 0. The fourth-order valence-corrected chi connectivity index (χ4v) is 1.63. The minimum absolute atomic E-state index is 0.470. The number of benzene rings is 1. The SMILES string of the molecule is Nc1cc(-c2n[nH]c3ccccc23)[nH]n1. The van der Waals surface area contributed by atoms with Crippen molar-refractivity contribution in [2.24, 2.45) is 0 Å². The molecule has 0 bridgehead atoms. The van der Waals surface area contributed by atoms with Gasteiger partial charge < -0.3 is 5.73 Å². The van der Waals surface area contributed by atoms with E-state index in [9.17, 15) is 0 Å². The molecule has 0 saturated carbocycles. The molecule has 0 unspecified atom stereocenters. The fourth-order valence-electron chi connectivity index (χ4n) is 1.63. The molecule has 15 heavy (non-hydrogen) atoms. The summed E-state index contributed by atoms with van der Waals surface area (Å²) in [4.78, 5) is 0. The topological polar surface area (TPSA) is 83.4 Å². The van der Waals surface area contributed by atoms with E-state index in [1.54, 1.807) is 6.07 Å². The number of anilines is 1. The monoisotopic (exact) mass is 199 g/mol. The molecule has 5 heteroatoms. The van der Waals surface area contributed by atoms with Crippen LogP contribution in [0.3, 0.4) is 0 Å². The maximum absolute atomic E-state index is 5.55. The van der Waals surface area contributed by atoms with E-state index in [-0.39, 0.29) is 0 Å². The van der Waals surface area contributed by atoms with Gasteiger partial charge in [-0.3, -0.25) is 10.2 Å². The van der Waals surface area contributed by atoms with Crippen molar-refractivity contribution in [3.63, 3.8) is 0 Å². The van der Waals surface area contributed by atoms with E-state index in [4.69, 9.17) is 5.73 Å². The number of hydrogen-bond acceptors (Lipinski definition) is 3. The maximum Gasteiger partial charge on any atom is 0.145 e. The molecule has 4 N–H and O–H groups in total. The lowest BCUT2D eigenvalue weighted by Gasteiger charge is -1.90. The first-order chi connectivity index (χ1) is 7.34. The van der Waals surface area contributed by atoms with Gasteiger partial charge in [0.2, 0.25) is 0 Å². The average molecular weight is 199 g/mol. The van der Waals surface area contributed by atoms with Crippen LogP contribution in [0.4, 0.5) is 5.82 Å². The van der Waals surface area contributed by atoms with Crippen LogP contribution >= 0.6 is 0 Å². The third kappa shape index (κ3) is 1.17. The van der Waals surface area contributed by atoms with Gasteiger partial charge in [0.25, 0.3) is 0 Å². The molecule has 74 valence electrons. The zero-order chi connectivity index (χ0) is 10.3. The molecule has 0 atom stereocenters. The molecule has 3 rings (SSSR count). The van der Waals surface area contributed by atoms with Gasteiger partial charge in [-0.2, -0.15) is 10.2 Å². The molecule has 5 nitrogen and oxygen atoms in total. The highest BCUT2D eigenvalue weighted by Gasteiger charge is 2.09. The summed E-state index contributed by atoms with van der Waals surface area (Å²) in [5.74, 6) is 0.470. The Balaban J connectivity index is 2.27. The van der Waals surface area contributed by atoms with Gasteiger partial charge in [0.1, 0.15) is 11.5 Å². The number of nitrogen functional groups attached to an aromatic ring is 1. The number of H-pyrrole nitrogens is 2. The smallest absolute Gasteiger partial charge is 0.145 e. The van der Waals surface area contributed by atoms with Gasteiger partial charge >= 0.3 is 0 Å². The number of aromatic amines is 2. The van der Waals surface area contributed by atoms with Gasteiger partial charge in [-0.1, -0.05) is 18.2 Å². The quantitative estimate of drug-likeness (QED) is 0.555. The molecule has 0 aliphatic rings. The Hall–Kier alpha value is -2.30. The summed E-state index contributed by atoms with van der Waals surface area (Å²) in [5.41, 5.74) is 8.22. The molecule has 1 aromatic carbocycles. The number of hydrogen-bond donors (Lipinski definition) is 3. The first kappa shape index (κ1) is 8.05. The van der Waals surface area contributed by atoms with Crippen molar-refractivity contribution in [2.75, 3.05) is 5.73 Å². The lowest BCUT2D eigenvalue weighted by atomic mass is 10.2. The third-order valence-electron chi connectivity index (χ3n) is 2.32. The summed E-state index contributed by atoms with van der Waals surface area (Å²) >= 11 is 0. The van der Waals surface area contributed by atoms with Crippen LogP contribution in [0.1, 0.15) is 0 Å². The van der Waals surface area contributed by atoms with E-state index < -0.39 is 0 Å². The van der Waals surface area contributed by atoms with E-state index in [1.165, 1.54) is 0 Å².